The maximum atomic E-state index is 12.0. The minimum Gasteiger partial charge on any atom is -0.447 e. The zero-order valence-electron chi connectivity index (χ0n) is 15.8. The number of aromatic nitrogens is 2. The Morgan fingerprint density at radius 1 is 1.10 bits per heavy atom. The summed E-state index contributed by atoms with van der Waals surface area (Å²) < 4.78 is 5.14. The number of carbonyl (C=O) groups excluding carboxylic acids is 2. The van der Waals surface area contributed by atoms with E-state index in [9.17, 15) is 9.59 Å². The molecule has 0 saturated carbocycles. The molecule has 0 unspecified atom stereocenters. The van der Waals surface area contributed by atoms with Gasteiger partial charge in [0.25, 0.3) is 0 Å². The number of nitrogens with zero attached hydrogens (tertiary/aromatic N) is 3. The lowest BCUT2D eigenvalue weighted by Gasteiger charge is -2.22. The van der Waals surface area contributed by atoms with E-state index in [4.69, 9.17) is 16.3 Å². The Kier molecular flexibility index (Phi) is 6.94. The average Bonchev–Trinajstić information content (AvgIpc) is 2.71. The molecule has 3 aromatic rings. The molecule has 9 heteroatoms. The highest BCUT2D eigenvalue weighted by Gasteiger charge is 2.11. The van der Waals surface area contributed by atoms with Crippen molar-refractivity contribution in [2.45, 2.75) is 13.5 Å². The Morgan fingerprint density at radius 3 is 2.59 bits per heavy atom. The fourth-order valence-corrected chi connectivity index (χ4v) is 2.76. The molecule has 29 heavy (non-hydrogen) atoms. The zero-order chi connectivity index (χ0) is 20.6. The van der Waals surface area contributed by atoms with E-state index in [2.05, 4.69) is 20.7 Å². The van der Waals surface area contributed by atoms with Crippen molar-refractivity contribution in [3.63, 3.8) is 0 Å². The van der Waals surface area contributed by atoms with Gasteiger partial charge < -0.3 is 4.74 Å². The molecule has 0 aliphatic rings. The van der Waals surface area contributed by atoms with Crippen LogP contribution in [0.25, 0.3) is 11.0 Å². The van der Waals surface area contributed by atoms with Gasteiger partial charge in [-0.15, -0.1) is 0 Å². The van der Waals surface area contributed by atoms with E-state index in [0.717, 1.165) is 11.1 Å². The van der Waals surface area contributed by atoms with Crippen LogP contribution in [0.15, 0.2) is 54.7 Å². The van der Waals surface area contributed by atoms with Gasteiger partial charge in [0.15, 0.2) is 5.82 Å². The monoisotopic (exact) mass is 413 g/mol. The van der Waals surface area contributed by atoms with Crippen molar-refractivity contribution in [2.24, 2.45) is 0 Å². The second-order valence-corrected chi connectivity index (χ2v) is 6.51. The molecule has 2 aromatic carbocycles. The molecule has 0 spiro atoms. The summed E-state index contributed by atoms with van der Waals surface area (Å²) in [6.07, 6.45) is 0.778. The molecule has 0 bridgehead atoms. The minimum atomic E-state index is -0.677. The van der Waals surface area contributed by atoms with Gasteiger partial charge in [0.2, 0.25) is 5.91 Å². The molecule has 2 amide bonds. The summed E-state index contributed by atoms with van der Waals surface area (Å²) in [6, 6.07) is 14.7. The highest BCUT2D eigenvalue weighted by Crippen LogP contribution is 2.14. The first-order valence-electron chi connectivity index (χ1n) is 8.93. The molecular weight excluding hydrogens is 394 g/mol. The van der Waals surface area contributed by atoms with E-state index in [1.807, 2.05) is 36.4 Å². The number of anilines is 1. The highest BCUT2D eigenvalue weighted by atomic mass is 35.5. The van der Waals surface area contributed by atoms with Crippen molar-refractivity contribution in [1.29, 1.82) is 0 Å². The predicted octanol–water partition coefficient (Wildman–Crippen LogP) is 3.39. The van der Waals surface area contributed by atoms with Crippen molar-refractivity contribution in [2.75, 3.05) is 18.5 Å². The van der Waals surface area contributed by atoms with Crippen LogP contribution >= 0.6 is 11.6 Å². The normalized spacial score (nSPS) is 10.6. The molecule has 1 aromatic heterocycles. The van der Waals surface area contributed by atoms with Gasteiger partial charge >= 0.3 is 6.09 Å². The van der Waals surface area contributed by atoms with Gasteiger partial charge in [-0.25, -0.2) is 15.2 Å². The van der Waals surface area contributed by atoms with E-state index < -0.39 is 6.09 Å². The summed E-state index contributed by atoms with van der Waals surface area (Å²) in [7, 11) is 0. The van der Waals surface area contributed by atoms with E-state index in [0.29, 0.717) is 17.1 Å². The summed E-state index contributed by atoms with van der Waals surface area (Å²) in [4.78, 5) is 32.3. The van der Waals surface area contributed by atoms with Crippen LogP contribution in [0.4, 0.5) is 10.6 Å². The van der Waals surface area contributed by atoms with Crippen molar-refractivity contribution in [1.82, 2.24) is 20.4 Å². The third-order valence-electron chi connectivity index (χ3n) is 4.03. The number of benzene rings is 2. The first-order valence-corrected chi connectivity index (χ1v) is 9.31. The first-order chi connectivity index (χ1) is 14.0. The molecule has 3 rings (SSSR count). The summed E-state index contributed by atoms with van der Waals surface area (Å²) in [5.41, 5.74) is 5.23. The number of amides is 2. The lowest BCUT2D eigenvalue weighted by Crippen LogP contribution is -2.43. The molecule has 0 atom stereocenters. The third kappa shape index (κ3) is 5.87. The molecule has 0 radical (unpaired) electrons. The third-order valence-corrected chi connectivity index (χ3v) is 4.39. The van der Waals surface area contributed by atoms with Crippen LogP contribution in [0.2, 0.25) is 5.02 Å². The van der Waals surface area contributed by atoms with Crippen molar-refractivity contribution < 1.29 is 14.3 Å². The number of ether oxygens (including phenoxy) is 1. The van der Waals surface area contributed by atoms with Crippen LogP contribution in [-0.2, 0) is 16.1 Å². The number of hydrazine groups is 1. The molecular formula is C20H20ClN5O3. The van der Waals surface area contributed by atoms with E-state index in [-0.39, 0.29) is 24.9 Å². The number of carbonyl (C=O) groups is 2. The summed E-state index contributed by atoms with van der Waals surface area (Å²) in [5.74, 6) is 0.0791. The molecule has 1 heterocycles. The minimum absolute atomic E-state index is 0.00193. The lowest BCUT2D eigenvalue weighted by atomic mass is 10.2. The quantitative estimate of drug-likeness (QED) is 0.576. The Bertz CT molecular complexity index is 1010. The molecule has 2 N–H and O–H groups in total. The molecule has 0 aliphatic carbocycles. The van der Waals surface area contributed by atoms with Gasteiger partial charge in [0.05, 0.1) is 23.8 Å². The van der Waals surface area contributed by atoms with Gasteiger partial charge in [-0.1, -0.05) is 41.9 Å². The maximum Gasteiger partial charge on any atom is 0.412 e. The fraction of sp³-hybridized carbons (Fsp3) is 0.200. The Labute approximate surface area is 172 Å². The highest BCUT2D eigenvalue weighted by molar-refractivity contribution is 6.31. The largest absolute Gasteiger partial charge is 0.447 e. The van der Waals surface area contributed by atoms with Crippen LogP contribution in [0.3, 0.4) is 0 Å². The van der Waals surface area contributed by atoms with Crippen LogP contribution in [-0.4, -0.2) is 40.1 Å². The second kappa shape index (κ2) is 9.81. The number of halogens is 1. The second-order valence-electron chi connectivity index (χ2n) is 6.10. The maximum absolute atomic E-state index is 12.0. The topological polar surface area (TPSA) is 96.5 Å². The van der Waals surface area contributed by atoms with Crippen LogP contribution in [0, 0.1) is 0 Å². The molecule has 0 fully saturated rings. The van der Waals surface area contributed by atoms with Gasteiger partial charge in [-0.3, -0.25) is 20.1 Å². The van der Waals surface area contributed by atoms with Crippen molar-refractivity contribution in [3.8, 4) is 0 Å². The smallest absolute Gasteiger partial charge is 0.412 e. The SMILES string of the molecule is CC(=O)N(CCOC(=O)Nc1cnc2ccccc2n1)NCc1ccccc1Cl. The van der Waals surface area contributed by atoms with E-state index in [1.165, 1.54) is 18.1 Å². The van der Waals surface area contributed by atoms with Gasteiger partial charge in [-0.05, 0) is 23.8 Å². The molecule has 0 saturated heterocycles. The number of rotatable bonds is 7. The fourth-order valence-electron chi connectivity index (χ4n) is 2.56. The molecule has 150 valence electrons. The average molecular weight is 414 g/mol. The van der Waals surface area contributed by atoms with Crippen LogP contribution in [0.5, 0.6) is 0 Å². The van der Waals surface area contributed by atoms with E-state index >= 15 is 0 Å². The number of hydrogen-bond donors (Lipinski definition) is 2. The Morgan fingerprint density at radius 2 is 1.83 bits per heavy atom. The number of hydrogen-bond acceptors (Lipinski definition) is 6. The Hall–Kier alpha value is -3.23. The summed E-state index contributed by atoms with van der Waals surface area (Å²) >= 11 is 6.11. The van der Waals surface area contributed by atoms with Crippen LogP contribution < -0.4 is 10.7 Å². The van der Waals surface area contributed by atoms with E-state index in [1.54, 1.807) is 12.1 Å². The Balaban J connectivity index is 1.47. The molecule has 8 nitrogen and oxygen atoms in total. The standard InChI is InChI=1S/C20H20ClN5O3/c1-14(27)26(23-12-15-6-2-3-7-16(15)21)10-11-29-20(28)25-19-13-22-17-8-4-5-9-18(17)24-19/h2-9,13,23H,10-12H2,1H3,(H,24,25,28). The number of nitrogens with one attached hydrogen (secondary N) is 2. The number of para-hydroxylation sites is 2. The zero-order valence-corrected chi connectivity index (χ0v) is 16.5. The lowest BCUT2D eigenvalue weighted by molar-refractivity contribution is -0.132. The van der Waals surface area contributed by atoms with Gasteiger partial charge in [-0.2, -0.15) is 0 Å². The number of fused-ring (bicyclic) bond motifs is 1. The van der Waals surface area contributed by atoms with Crippen molar-refractivity contribution in [3.05, 3.63) is 65.3 Å². The summed E-state index contributed by atoms with van der Waals surface area (Å²) in [5, 5.41) is 4.50. The first kappa shape index (κ1) is 20.5. The van der Waals surface area contributed by atoms with Gasteiger partial charge in [0, 0.05) is 18.5 Å². The van der Waals surface area contributed by atoms with Crippen LogP contribution in [0.1, 0.15) is 12.5 Å². The molecule has 0 aliphatic heterocycles. The van der Waals surface area contributed by atoms with Crippen molar-refractivity contribution >= 4 is 40.5 Å². The summed E-state index contributed by atoms with van der Waals surface area (Å²) in [6.45, 7) is 1.97. The van der Waals surface area contributed by atoms with Gasteiger partial charge in [0.1, 0.15) is 6.61 Å². The predicted molar refractivity (Wildman–Crippen MR) is 110 cm³/mol.